The molecule has 0 spiro atoms. The minimum Gasteiger partial charge on any atom is -0.492 e. The number of hydrogen-bond acceptors (Lipinski definition) is 9. The highest BCUT2D eigenvalue weighted by molar-refractivity contribution is 6.25. The number of rotatable bonds is 4. The van der Waals surface area contributed by atoms with Gasteiger partial charge < -0.3 is 19.1 Å². The smallest absolute Gasteiger partial charge is 0.424 e. The standard InChI is InChI=1S/C29H37N3O9/c1-28(2,3)40-26(37)30-14-12-17(13-15-30)16-39-20-9-7-8-18-22(20)25(36)31(23(18)34)19-10-11-21(33)32(24(19)35)27(38)41-29(4,5)6/h7-9,17,19H,10-16H2,1-6H3. The summed E-state index contributed by atoms with van der Waals surface area (Å²) in [6, 6.07) is 3.32. The topological polar surface area (TPSA) is 140 Å². The Balaban J connectivity index is 1.43. The van der Waals surface area contributed by atoms with E-state index in [1.54, 1.807) is 37.8 Å². The second-order valence-electron chi connectivity index (χ2n) is 12.5. The summed E-state index contributed by atoms with van der Waals surface area (Å²) in [6.07, 6.45) is -0.457. The van der Waals surface area contributed by atoms with Crippen LogP contribution in [0.4, 0.5) is 9.59 Å². The van der Waals surface area contributed by atoms with E-state index in [1.165, 1.54) is 6.07 Å². The Labute approximate surface area is 238 Å². The van der Waals surface area contributed by atoms with Gasteiger partial charge in [-0.15, -0.1) is 0 Å². The van der Waals surface area contributed by atoms with E-state index in [1.807, 2.05) is 20.8 Å². The van der Waals surface area contributed by atoms with E-state index in [2.05, 4.69) is 0 Å². The van der Waals surface area contributed by atoms with Gasteiger partial charge in [-0.05, 0) is 78.9 Å². The molecule has 3 aliphatic rings. The number of nitrogens with zero attached hydrogens (tertiary/aromatic N) is 3. The first-order valence-corrected chi connectivity index (χ1v) is 13.8. The van der Waals surface area contributed by atoms with E-state index in [0.717, 1.165) is 4.90 Å². The number of hydrogen-bond donors (Lipinski definition) is 0. The molecule has 12 heteroatoms. The third-order valence-electron chi connectivity index (χ3n) is 6.92. The molecule has 2 fully saturated rings. The van der Waals surface area contributed by atoms with Crippen LogP contribution in [-0.2, 0) is 19.1 Å². The molecule has 2 saturated heterocycles. The van der Waals surface area contributed by atoms with E-state index in [0.29, 0.717) is 30.8 Å². The van der Waals surface area contributed by atoms with Crippen LogP contribution in [0.2, 0.25) is 0 Å². The van der Waals surface area contributed by atoms with E-state index in [4.69, 9.17) is 14.2 Å². The van der Waals surface area contributed by atoms with E-state index in [-0.39, 0.29) is 48.3 Å². The number of carbonyl (C=O) groups excluding carboxylic acids is 6. The van der Waals surface area contributed by atoms with Crippen molar-refractivity contribution in [3.63, 3.8) is 0 Å². The minimum absolute atomic E-state index is 0.0391. The van der Waals surface area contributed by atoms with Crippen molar-refractivity contribution in [1.29, 1.82) is 0 Å². The lowest BCUT2D eigenvalue weighted by atomic mass is 9.98. The molecule has 12 nitrogen and oxygen atoms in total. The fourth-order valence-corrected chi connectivity index (χ4v) is 5.00. The van der Waals surface area contributed by atoms with Gasteiger partial charge in [-0.3, -0.25) is 24.1 Å². The van der Waals surface area contributed by atoms with Crippen molar-refractivity contribution < 1.29 is 43.0 Å². The van der Waals surface area contributed by atoms with Crippen LogP contribution < -0.4 is 4.74 Å². The second kappa shape index (κ2) is 11.1. The number of likely N-dealkylation sites (tertiary alicyclic amines) is 2. The van der Waals surface area contributed by atoms with Crippen molar-refractivity contribution in [3.05, 3.63) is 29.3 Å². The first-order chi connectivity index (χ1) is 19.1. The highest BCUT2D eigenvalue weighted by Gasteiger charge is 2.50. The maximum Gasteiger partial charge on any atom is 0.424 e. The van der Waals surface area contributed by atoms with Gasteiger partial charge in [0.1, 0.15) is 23.0 Å². The van der Waals surface area contributed by atoms with E-state index >= 15 is 0 Å². The van der Waals surface area contributed by atoms with Crippen LogP contribution in [-0.4, -0.2) is 87.5 Å². The van der Waals surface area contributed by atoms with E-state index in [9.17, 15) is 28.8 Å². The van der Waals surface area contributed by atoms with Crippen molar-refractivity contribution in [2.45, 2.75) is 84.5 Å². The normalized spacial score (nSPS) is 20.3. The lowest BCUT2D eigenvalue weighted by molar-refractivity contribution is -0.149. The molecular weight excluding hydrogens is 534 g/mol. The third kappa shape index (κ3) is 6.52. The zero-order valence-corrected chi connectivity index (χ0v) is 24.4. The molecule has 1 unspecified atom stereocenters. The number of benzene rings is 1. The van der Waals surface area contributed by atoms with Crippen molar-refractivity contribution in [1.82, 2.24) is 14.7 Å². The summed E-state index contributed by atoms with van der Waals surface area (Å²) in [5.74, 6) is -2.83. The van der Waals surface area contributed by atoms with Gasteiger partial charge in [-0.1, -0.05) is 6.07 Å². The molecule has 222 valence electrons. The molecule has 0 saturated carbocycles. The predicted molar refractivity (Wildman–Crippen MR) is 144 cm³/mol. The lowest BCUT2D eigenvalue weighted by Crippen LogP contribution is -2.58. The van der Waals surface area contributed by atoms with E-state index < -0.39 is 47.0 Å². The zero-order chi connectivity index (χ0) is 30.3. The SMILES string of the molecule is CC(C)(C)OC(=O)N1CCC(COc2cccc3c2C(=O)N(C2CCC(=O)N(C(=O)OC(C)(C)C)C2=O)C3=O)CC1. The summed E-state index contributed by atoms with van der Waals surface area (Å²) >= 11 is 0. The molecule has 3 aliphatic heterocycles. The van der Waals surface area contributed by atoms with Gasteiger partial charge in [0, 0.05) is 19.5 Å². The Morgan fingerprint density at radius 2 is 1.46 bits per heavy atom. The predicted octanol–water partition coefficient (Wildman–Crippen LogP) is 3.76. The number of fused-ring (bicyclic) bond motifs is 1. The number of imide groups is 4. The maximum atomic E-state index is 13.5. The van der Waals surface area contributed by atoms with Gasteiger partial charge in [0.2, 0.25) is 5.91 Å². The number of piperidine rings is 2. The van der Waals surface area contributed by atoms with Crippen LogP contribution >= 0.6 is 0 Å². The van der Waals surface area contributed by atoms with Gasteiger partial charge in [0.15, 0.2) is 0 Å². The first-order valence-electron chi connectivity index (χ1n) is 13.8. The molecule has 3 heterocycles. The Morgan fingerprint density at radius 3 is 2.07 bits per heavy atom. The molecule has 0 bridgehead atoms. The van der Waals surface area contributed by atoms with Crippen LogP contribution in [0.5, 0.6) is 5.75 Å². The summed E-state index contributed by atoms with van der Waals surface area (Å²) in [5, 5.41) is 0. The molecule has 1 aromatic carbocycles. The van der Waals surface area contributed by atoms with Gasteiger partial charge in [0.05, 0.1) is 17.7 Å². The van der Waals surface area contributed by atoms with Crippen LogP contribution in [0.1, 0.15) is 87.9 Å². The summed E-state index contributed by atoms with van der Waals surface area (Å²) in [4.78, 5) is 80.4. The van der Waals surface area contributed by atoms with Gasteiger partial charge >= 0.3 is 12.2 Å². The molecule has 0 aliphatic carbocycles. The summed E-state index contributed by atoms with van der Waals surface area (Å²) in [5.41, 5.74) is -1.41. The number of amides is 6. The maximum absolute atomic E-state index is 13.5. The largest absolute Gasteiger partial charge is 0.492 e. The fraction of sp³-hybridized carbons (Fsp3) is 0.586. The Bertz CT molecular complexity index is 1270. The van der Waals surface area contributed by atoms with Crippen molar-refractivity contribution in [3.8, 4) is 5.75 Å². The summed E-state index contributed by atoms with van der Waals surface area (Å²) in [7, 11) is 0. The fourth-order valence-electron chi connectivity index (χ4n) is 5.00. The zero-order valence-electron chi connectivity index (χ0n) is 24.4. The van der Waals surface area contributed by atoms with Crippen LogP contribution in [0, 0.1) is 5.92 Å². The molecule has 6 amide bonds. The lowest BCUT2D eigenvalue weighted by Gasteiger charge is -2.34. The van der Waals surface area contributed by atoms with Crippen LogP contribution in [0.15, 0.2) is 18.2 Å². The van der Waals surface area contributed by atoms with Crippen molar-refractivity contribution >= 4 is 35.8 Å². The van der Waals surface area contributed by atoms with Gasteiger partial charge in [-0.2, -0.15) is 4.90 Å². The molecule has 41 heavy (non-hydrogen) atoms. The summed E-state index contributed by atoms with van der Waals surface area (Å²) < 4.78 is 16.7. The van der Waals surface area contributed by atoms with Gasteiger partial charge in [-0.25, -0.2) is 9.59 Å². The highest BCUT2D eigenvalue weighted by atomic mass is 16.6. The van der Waals surface area contributed by atoms with Crippen LogP contribution in [0.3, 0.4) is 0 Å². The minimum atomic E-state index is -1.34. The Morgan fingerprint density at radius 1 is 0.854 bits per heavy atom. The van der Waals surface area contributed by atoms with Crippen LogP contribution in [0.25, 0.3) is 0 Å². The average Bonchev–Trinajstić information content (AvgIpc) is 3.11. The molecule has 1 atom stereocenters. The molecular formula is C29H37N3O9. The van der Waals surface area contributed by atoms with Gasteiger partial charge in [0.25, 0.3) is 17.7 Å². The molecule has 0 N–H and O–H groups in total. The average molecular weight is 572 g/mol. The number of carbonyl (C=O) groups is 6. The second-order valence-corrected chi connectivity index (χ2v) is 12.5. The van der Waals surface area contributed by atoms with Crippen molar-refractivity contribution in [2.24, 2.45) is 5.92 Å². The third-order valence-corrected chi connectivity index (χ3v) is 6.92. The number of ether oxygens (including phenoxy) is 3. The molecule has 4 rings (SSSR count). The Kier molecular flexibility index (Phi) is 8.15. The molecule has 0 radical (unpaired) electrons. The Hall–Kier alpha value is -3.96. The molecule has 0 aromatic heterocycles. The van der Waals surface area contributed by atoms with Crippen molar-refractivity contribution in [2.75, 3.05) is 19.7 Å². The molecule has 1 aromatic rings. The first kappa shape index (κ1) is 30.0. The monoisotopic (exact) mass is 571 g/mol. The highest BCUT2D eigenvalue weighted by Crippen LogP contribution is 2.35. The quantitative estimate of drug-likeness (QED) is 0.494. The summed E-state index contributed by atoms with van der Waals surface area (Å²) in [6.45, 7) is 11.5.